The molecule has 1 N–H and O–H groups in total. The van der Waals surface area contributed by atoms with Crippen LogP contribution in [0.1, 0.15) is 0 Å². The summed E-state index contributed by atoms with van der Waals surface area (Å²) >= 11 is 5.57. The third-order valence-corrected chi connectivity index (χ3v) is 2.91. The fourth-order valence-electron chi connectivity index (χ4n) is 0.865. The third kappa shape index (κ3) is 1.70. The molecule has 66 valence electrons. The number of halogens is 1. The van der Waals surface area contributed by atoms with Gasteiger partial charge in [-0.25, -0.2) is 8.42 Å². The summed E-state index contributed by atoms with van der Waals surface area (Å²) in [5.74, 6) is -0.315. The number of sulfone groups is 1. The van der Waals surface area contributed by atoms with Crippen molar-refractivity contribution in [2.24, 2.45) is 0 Å². The van der Waals surface area contributed by atoms with Crippen LogP contribution in [0.15, 0.2) is 23.1 Å². The Morgan fingerprint density at radius 2 is 2.00 bits per heavy atom. The predicted molar refractivity (Wildman–Crippen MR) is 46.2 cm³/mol. The van der Waals surface area contributed by atoms with Crippen LogP contribution >= 0.6 is 11.6 Å². The van der Waals surface area contributed by atoms with Crippen molar-refractivity contribution in [3.8, 4) is 5.75 Å². The Labute approximate surface area is 75.5 Å². The SMILES string of the molecule is CS(=O)(=O)c1c(O)cccc1Cl. The van der Waals surface area contributed by atoms with Crippen LogP contribution in [0.5, 0.6) is 5.75 Å². The Bertz CT molecular complexity index is 377. The zero-order valence-electron chi connectivity index (χ0n) is 6.28. The van der Waals surface area contributed by atoms with E-state index in [0.29, 0.717) is 0 Å². The van der Waals surface area contributed by atoms with E-state index < -0.39 is 9.84 Å². The first-order valence-corrected chi connectivity index (χ1v) is 5.37. The van der Waals surface area contributed by atoms with E-state index >= 15 is 0 Å². The topological polar surface area (TPSA) is 54.4 Å². The van der Waals surface area contributed by atoms with Crippen LogP contribution < -0.4 is 0 Å². The molecule has 0 aliphatic heterocycles. The highest BCUT2D eigenvalue weighted by molar-refractivity contribution is 7.91. The molecule has 1 rings (SSSR count). The van der Waals surface area contributed by atoms with E-state index in [1.54, 1.807) is 0 Å². The van der Waals surface area contributed by atoms with E-state index in [2.05, 4.69) is 0 Å². The normalized spacial score (nSPS) is 11.5. The highest BCUT2D eigenvalue weighted by Gasteiger charge is 2.16. The molecule has 1 aromatic rings. The molecule has 0 amide bonds. The minimum absolute atomic E-state index is 0.0394. The Kier molecular flexibility index (Phi) is 2.30. The van der Waals surface area contributed by atoms with Crippen LogP contribution in [0, 0.1) is 0 Å². The zero-order valence-corrected chi connectivity index (χ0v) is 7.85. The molecule has 0 spiro atoms. The van der Waals surface area contributed by atoms with Gasteiger partial charge in [0.05, 0.1) is 5.02 Å². The van der Waals surface area contributed by atoms with Crippen molar-refractivity contribution in [2.75, 3.05) is 6.26 Å². The second-order valence-corrected chi connectivity index (χ2v) is 4.72. The molecule has 12 heavy (non-hydrogen) atoms. The standard InChI is InChI=1S/C7H7ClO3S/c1-12(10,11)7-5(8)3-2-4-6(7)9/h2-4,9H,1H3. The van der Waals surface area contributed by atoms with Crippen LogP contribution in [-0.4, -0.2) is 19.8 Å². The van der Waals surface area contributed by atoms with E-state index in [4.69, 9.17) is 16.7 Å². The van der Waals surface area contributed by atoms with Gasteiger partial charge in [-0.15, -0.1) is 0 Å². The van der Waals surface area contributed by atoms with Crippen LogP contribution in [0.4, 0.5) is 0 Å². The Morgan fingerprint density at radius 3 is 2.33 bits per heavy atom. The van der Waals surface area contributed by atoms with Crippen molar-refractivity contribution in [1.82, 2.24) is 0 Å². The average Bonchev–Trinajstić information content (AvgIpc) is 1.82. The van der Waals surface area contributed by atoms with Gasteiger partial charge in [0, 0.05) is 6.26 Å². The maximum Gasteiger partial charge on any atom is 0.180 e. The smallest absolute Gasteiger partial charge is 0.180 e. The lowest BCUT2D eigenvalue weighted by molar-refractivity contribution is 0.459. The number of hydrogen-bond donors (Lipinski definition) is 1. The first-order chi connectivity index (χ1) is 5.43. The summed E-state index contributed by atoms with van der Waals surface area (Å²) < 4.78 is 22.1. The molecule has 0 bridgehead atoms. The molecular formula is C7H7ClO3S. The van der Waals surface area contributed by atoms with Gasteiger partial charge in [0.25, 0.3) is 0 Å². The third-order valence-electron chi connectivity index (χ3n) is 1.32. The van der Waals surface area contributed by atoms with Gasteiger partial charge in [0.1, 0.15) is 10.6 Å². The summed E-state index contributed by atoms with van der Waals surface area (Å²) in [6.45, 7) is 0. The second kappa shape index (κ2) is 2.95. The van der Waals surface area contributed by atoms with Gasteiger partial charge in [-0.1, -0.05) is 17.7 Å². The summed E-state index contributed by atoms with van der Waals surface area (Å²) in [5, 5.41) is 9.20. The second-order valence-electron chi connectivity index (χ2n) is 2.36. The van der Waals surface area contributed by atoms with Crippen LogP contribution in [0.3, 0.4) is 0 Å². The molecular weight excluding hydrogens is 200 g/mol. The largest absolute Gasteiger partial charge is 0.507 e. The summed E-state index contributed by atoms with van der Waals surface area (Å²) in [4.78, 5) is -0.216. The molecule has 0 atom stereocenters. The number of rotatable bonds is 1. The first-order valence-electron chi connectivity index (χ1n) is 3.10. The Morgan fingerprint density at radius 1 is 1.42 bits per heavy atom. The molecule has 5 heteroatoms. The maximum absolute atomic E-state index is 11.0. The van der Waals surface area contributed by atoms with E-state index in [1.807, 2.05) is 0 Å². The fourth-order valence-corrected chi connectivity index (χ4v) is 2.32. The summed E-state index contributed by atoms with van der Waals surface area (Å²) in [6, 6.07) is 4.17. The molecule has 0 radical (unpaired) electrons. The number of aromatic hydroxyl groups is 1. The number of hydrogen-bond acceptors (Lipinski definition) is 3. The van der Waals surface area contributed by atoms with E-state index in [9.17, 15) is 8.42 Å². The average molecular weight is 207 g/mol. The monoisotopic (exact) mass is 206 g/mol. The molecule has 1 aromatic carbocycles. The minimum Gasteiger partial charge on any atom is -0.507 e. The molecule has 0 aliphatic carbocycles. The van der Waals surface area contributed by atoms with Crippen molar-refractivity contribution in [2.45, 2.75) is 4.90 Å². The van der Waals surface area contributed by atoms with Crippen molar-refractivity contribution in [1.29, 1.82) is 0 Å². The van der Waals surface area contributed by atoms with Crippen molar-refractivity contribution in [3.05, 3.63) is 23.2 Å². The summed E-state index contributed by atoms with van der Waals surface area (Å²) in [5.41, 5.74) is 0. The van der Waals surface area contributed by atoms with Crippen LogP contribution in [0.2, 0.25) is 5.02 Å². The highest BCUT2D eigenvalue weighted by atomic mass is 35.5. The van der Waals surface area contributed by atoms with Gasteiger partial charge < -0.3 is 5.11 Å². The zero-order chi connectivity index (χ0) is 9.35. The maximum atomic E-state index is 11.0. The molecule has 0 saturated heterocycles. The molecule has 3 nitrogen and oxygen atoms in total. The molecule has 0 unspecified atom stereocenters. The number of benzene rings is 1. The Balaban J connectivity index is 3.53. The lowest BCUT2D eigenvalue weighted by Crippen LogP contribution is -1.98. The van der Waals surface area contributed by atoms with Gasteiger partial charge in [-0.3, -0.25) is 0 Å². The minimum atomic E-state index is -3.45. The van der Waals surface area contributed by atoms with E-state index in [1.165, 1.54) is 18.2 Å². The van der Waals surface area contributed by atoms with Gasteiger partial charge >= 0.3 is 0 Å². The van der Waals surface area contributed by atoms with Crippen molar-refractivity contribution >= 4 is 21.4 Å². The van der Waals surface area contributed by atoms with Gasteiger partial charge in [-0.05, 0) is 12.1 Å². The Hall–Kier alpha value is -0.740. The first kappa shape index (κ1) is 9.35. The van der Waals surface area contributed by atoms with Gasteiger partial charge in [0.2, 0.25) is 0 Å². The molecule has 0 fully saturated rings. The number of phenols is 1. The highest BCUT2D eigenvalue weighted by Crippen LogP contribution is 2.29. The summed E-state index contributed by atoms with van der Waals surface area (Å²) in [6.07, 6.45) is 0.994. The number of phenolic OH excluding ortho intramolecular Hbond substituents is 1. The quantitative estimate of drug-likeness (QED) is 0.757. The van der Waals surface area contributed by atoms with Crippen molar-refractivity contribution in [3.63, 3.8) is 0 Å². The summed E-state index contributed by atoms with van der Waals surface area (Å²) in [7, 11) is -3.45. The molecule has 0 aromatic heterocycles. The lowest BCUT2D eigenvalue weighted by atomic mass is 10.3. The van der Waals surface area contributed by atoms with Crippen LogP contribution in [-0.2, 0) is 9.84 Å². The predicted octanol–water partition coefficient (Wildman–Crippen LogP) is 1.45. The van der Waals surface area contributed by atoms with E-state index in [-0.39, 0.29) is 15.7 Å². The molecule has 0 saturated carbocycles. The molecule has 0 aliphatic rings. The lowest BCUT2D eigenvalue weighted by Gasteiger charge is -2.02. The fraction of sp³-hybridized carbons (Fsp3) is 0.143. The van der Waals surface area contributed by atoms with E-state index in [0.717, 1.165) is 6.26 Å². The van der Waals surface area contributed by atoms with Gasteiger partial charge in [-0.2, -0.15) is 0 Å². The molecule has 0 heterocycles. The van der Waals surface area contributed by atoms with Gasteiger partial charge in [0.15, 0.2) is 9.84 Å². The van der Waals surface area contributed by atoms with Crippen molar-refractivity contribution < 1.29 is 13.5 Å². The van der Waals surface area contributed by atoms with Crippen LogP contribution in [0.25, 0.3) is 0 Å².